The van der Waals surface area contributed by atoms with Gasteiger partial charge in [0.1, 0.15) is 12.4 Å². The Hall–Kier alpha value is -0.990. The third-order valence-electron chi connectivity index (χ3n) is 1.54. The summed E-state index contributed by atoms with van der Waals surface area (Å²) in [6.07, 6.45) is 1.64. The molecule has 0 bridgehead atoms. The third kappa shape index (κ3) is 3.49. The van der Waals surface area contributed by atoms with Crippen LogP contribution >= 0.6 is 11.6 Å². The summed E-state index contributed by atoms with van der Waals surface area (Å²) < 4.78 is 5.36. The molecule has 13 heavy (non-hydrogen) atoms. The van der Waals surface area contributed by atoms with Gasteiger partial charge in [-0.3, -0.25) is 0 Å². The van der Waals surface area contributed by atoms with Crippen LogP contribution in [-0.2, 0) is 0 Å². The maximum atomic E-state index is 5.76. The lowest BCUT2D eigenvalue weighted by Crippen LogP contribution is -2.24. The van der Waals surface area contributed by atoms with E-state index in [2.05, 4.69) is 6.58 Å². The molecule has 0 aliphatic carbocycles. The van der Waals surface area contributed by atoms with Gasteiger partial charge in [0.25, 0.3) is 0 Å². The normalized spacial score (nSPS) is 12.2. The summed E-state index contributed by atoms with van der Waals surface area (Å²) in [4.78, 5) is 0. The van der Waals surface area contributed by atoms with Gasteiger partial charge in [-0.2, -0.15) is 0 Å². The van der Waals surface area contributed by atoms with E-state index >= 15 is 0 Å². The molecule has 70 valence electrons. The zero-order valence-corrected chi connectivity index (χ0v) is 8.00. The van der Waals surface area contributed by atoms with E-state index < -0.39 is 0 Å². The van der Waals surface area contributed by atoms with Gasteiger partial charge in [0, 0.05) is 5.02 Å². The molecule has 0 aliphatic rings. The molecule has 0 saturated carbocycles. The molecular formula is C10H12ClNO. The topological polar surface area (TPSA) is 35.2 Å². The van der Waals surface area contributed by atoms with E-state index in [1.165, 1.54) is 0 Å². The van der Waals surface area contributed by atoms with Crippen LogP contribution in [0.4, 0.5) is 0 Å². The zero-order chi connectivity index (χ0) is 9.68. The first kappa shape index (κ1) is 10.1. The fourth-order valence-corrected chi connectivity index (χ4v) is 0.998. The molecule has 1 aromatic rings. The third-order valence-corrected chi connectivity index (χ3v) is 1.78. The number of nitrogens with two attached hydrogens (primary N) is 1. The van der Waals surface area contributed by atoms with E-state index in [4.69, 9.17) is 22.1 Å². The van der Waals surface area contributed by atoms with E-state index in [0.29, 0.717) is 11.6 Å². The molecule has 1 rings (SSSR count). The van der Waals surface area contributed by atoms with Crippen LogP contribution in [0.2, 0.25) is 5.02 Å². The lowest BCUT2D eigenvalue weighted by molar-refractivity contribution is 0.306. The maximum Gasteiger partial charge on any atom is 0.120 e. The van der Waals surface area contributed by atoms with Crippen molar-refractivity contribution in [3.05, 3.63) is 41.9 Å². The van der Waals surface area contributed by atoms with E-state index in [1.54, 1.807) is 18.2 Å². The minimum absolute atomic E-state index is 0.140. The molecule has 2 nitrogen and oxygen atoms in total. The molecule has 2 N–H and O–H groups in total. The molecule has 1 aromatic carbocycles. The van der Waals surface area contributed by atoms with Crippen LogP contribution < -0.4 is 10.5 Å². The molecule has 1 unspecified atom stereocenters. The van der Waals surface area contributed by atoms with Crippen LogP contribution in [0.3, 0.4) is 0 Å². The van der Waals surface area contributed by atoms with Gasteiger partial charge in [-0.05, 0) is 18.2 Å². The second-order valence-corrected chi connectivity index (χ2v) is 3.10. The Labute approximate surface area is 83.0 Å². The number of benzene rings is 1. The van der Waals surface area contributed by atoms with Crippen LogP contribution in [0.5, 0.6) is 5.75 Å². The first-order chi connectivity index (χ1) is 6.22. The van der Waals surface area contributed by atoms with Gasteiger partial charge in [-0.15, -0.1) is 6.58 Å². The fraction of sp³-hybridized carbons (Fsp3) is 0.200. The van der Waals surface area contributed by atoms with Crippen molar-refractivity contribution in [2.24, 2.45) is 5.73 Å². The van der Waals surface area contributed by atoms with Gasteiger partial charge in [-0.1, -0.05) is 23.7 Å². The summed E-state index contributed by atoms with van der Waals surface area (Å²) >= 11 is 5.76. The van der Waals surface area contributed by atoms with E-state index in [1.807, 2.05) is 12.1 Å². The van der Waals surface area contributed by atoms with Crippen LogP contribution in [0.25, 0.3) is 0 Å². The summed E-state index contributed by atoms with van der Waals surface area (Å²) in [5, 5.41) is 0.657. The Balaban J connectivity index is 2.49. The Bertz CT molecular complexity index is 288. The number of halogens is 1. The summed E-state index contributed by atoms with van der Waals surface area (Å²) in [5.74, 6) is 0.727. The number of ether oxygens (including phenoxy) is 1. The van der Waals surface area contributed by atoms with Crippen molar-refractivity contribution < 1.29 is 4.74 Å². The second kappa shape index (κ2) is 4.90. The van der Waals surface area contributed by atoms with Crippen molar-refractivity contribution in [3.63, 3.8) is 0 Å². The standard InChI is InChI=1S/C10H12ClNO/c1-2-9(12)7-13-10-5-3-4-8(11)6-10/h2-6,9H,1,7,12H2. The Kier molecular flexibility index (Phi) is 3.80. The summed E-state index contributed by atoms with van der Waals surface area (Å²) in [6, 6.07) is 7.07. The predicted molar refractivity (Wildman–Crippen MR) is 55.1 cm³/mol. The molecule has 0 fully saturated rings. The molecule has 0 spiro atoms. The second-order valence-electron chi connectivity index (χ2n) is 2.67. The van der Waals surface area contributed by atoms with Crippen LogP contribution in [0, 0.1) is 0 Å². The molecule has 0 amide bonds. The number of rotatable bonds is 4. The summed E-state index contributed by atoms with van der Waals surface area (Å²) in [7, 11) is 0. The van der Waals surface area contributed by atoms with Crippen LogP contribution in [-0.4, -0.2) is 12.6 Å². The number of hydrogen-bond acceptors (Lipinski definition) is 2. The smallest absolute Gasteiger partial charge is 0.120 e. The lowest BCUT2D eigenvalue weighted by Gasteiger charge is -2.08. The first-order valence-corrected chi connectivity index (χ1v) is 4.36. The molecule has 0 radical (unpaired) electrons. The van der Waals surface area contributed by atoms with Crippen LogP contribution in [0.1, 0.15) is 0 Å². The summed E-state index contributed by atoms with van der Waals surface area (Å²) in [6.45, 7) is 3.98. The lowest BCUT2D eigenvalue weighted by atomic mass is 10.3. The van der Waals surface area contributed by atoms with Crippen molar-refractivity contribution in [1.29, 1.82) is 0 Å². The highest BCUT2D eigenvalue weighted by Gasteiger charge is 1.98. The van der Waals surface area contributed by atoms with Gasteiger partial charge in [-0.25, -0.2) is 0 Å². The minimum atomic E-state index is -0.140. The maximum absolute atomic E-state index is 5.76. The predicted octanol–water partition coefficient (Wildman–Crippen LogP) is 2.23. The molecular weight excluding hydrogens is 186 g/mol. The van der Waals surface area contributed by atoms with Gasteiger partial charge < -0.3 is 10.5 Å². The molecule has 0 aromatic heterocycles. The van der Waals surface area contributed by atoms with Crippen molar-refractivity contribution in [3.8, 4) is 5.75 Å². The quantitative estimate of drug-likeness (QED) is 0.752. The Morgan fingerprint density at radius 3 is 3.00 bits per heavy atom. The summed E-state index contributed by atoms with van der Waals surface area (Å²) in [5.41, 5.74) is 5.58. The molecule has 0 saturated heterocycles. The molecule has 1 atom stereocenters. The minimum Gasteiger partial charge on any atom is -0.492 e. The largest absolute Gasteiger partial charge is 0.492 e. The van der Waals surface area contributed by atoms with Crippen molar-refractivity contribution >= 4 is 11.6 Å². The average Bonchev–Trinajstić information content (AvgIpc) is 2.14. The van der Waals surface area contributed by atoms with Gasteiger partial charge >= 0.3 is 0 Å². The van der Waals surface area contributed by atoms with Gasteiger partial charge in [0.05, 0.1) is 6.04 Å². The molecule has 3 heteroatoms. The fourth-order valence-electron chi connectivity index (χ4n) is 0.817. The highest BCUT2D eigenvalue weighted by atomic mass is 35.5. The Morgan fingerprint density at radius 2 is 2.38 bits per heavy atom. The van der Waals surface area contributed by atoms with E-state index in [9.17, 15) is 0 Å². The highest BCUT2D eigenvalue weighted by Crippen LogP contribution is 2.16. The SMILES string of the molecule is C=CC(N)COc1cccc(Cl)c1. The van der Waals surface area contributed by atoms with Crippen molar-refractivity contribution in [2.75, 3.05) is 6.61 Å². The molecule has 0 aliphatic heterocycles. The molecule has 0 heterocycles. The van der Waals surface area contributed by atoms with Crippen molar-refractivity contribution in [1.82, 2.24) is 0 Å². The Morgan fingerprint density at radius 1 is 1.62 bits per heavy atom. The average molecular weight is 198 g/mol. The highest BCUT2D eigenvalue weighted by molar-refractivity contribution is 6.30. The van der Waals surface area contributed by atoms with Gasteiger partial charge in [0.2, 0.25) is 0 Å². The van der Waals surface area contributed by atoms with E-state index in [0.717, 1.165) is 5.75 Å². The van der Waals surface area contributed by atoms with Crippen LogP contribution in [0.15, 0.2) is 36.9 Å². The van der Waals surface area contributed by atoms with Crippen molar-refractivity contribution in [2.45, 2.75) is 6.04 Å². The number of hydrogen-bond donors (Lipinski definition) is 1. The first-order valence-electron chi connectivity index (χ1n) is 3.99. The van der Waals surface area contributed by atoms with Gasteiger partial charge in [0.15, 0.2) is 0 Å². The monoisotopic (exact) mass is 197 g/mol. The van der Waals surface area contributed by atoms with E-state index in [-0.39, 0.29) is 6.04 Å². The zero-order valence-electron chi connectivity index (χ0n) is 7.24.